The van der Waals surface area contributed by atoms with Crippen molar-refractivity contribution >= 4 is 27.1 Å². The van der Waals surface area contributed by atoms with Crippen LogP contribution in [0.25, 0.3) is 11.3 Å². The van der Waals surface area contributed by atoms with E-state index in [2.05, 4.69) is 5.10 Å². The van der Waals surface area contributed by atoms with Crippen molar-refractivity contribution in [2.75, 3.05) is 17.2 Å². The van der Waals surface area contributed by atoms with Crippen LogP contribution in [0.5, 0.6) is 0 Å². The summed E-state index contributed by atoms with van der Waals surface area (Å²) in [6, 6.07) is 7.24. The van der Waals surface area contributed by atoms with Gasteiger partial charge in [-0.15, -0.1) is 0 Å². The van der Waals surface area contributed by atoms with Gasteiger partial charge in [0.2, 0.25) is 0 Å². The van der Waals surface area contributed by atoms with Gasteiger partial charge in [0.05, 0.1) is 22.7 Å². The van der Waals surface area contributed by atoms with E-state index in [0.717, 1.165) is 5.56 Å². The van der Waals surface area contributed by atoms with Crippen LogP contribution in [-0.2, 0) is 15.4 Å². The second kappa shape index (κ2) is 4.74. The van der Waals surface area contributed by atoms with Crippen LogP contribution in [0.3, 0.4) is 0 Å². The lowest BCUT2D eigenvalue weighted by Crippen LogP contribution is -2.31. The second-order valence-electron chi connectivity index (χ2n) is 5.72. The van der Waals surface area contributed by atoms with E-state index in [1.54, 1.807) is 23.0 Å². The highest BCUT2D eigenvalue weighted by Crippen LogP contribution is 2.33. The van der Waals surface area contributed by atoms with Gasteiger partial charge in [0, 0.05) is 16.8 Å². The molecule has 0 bridgehead atoms. The summed E-state index contributed by atoms with van der Waals surface area (Å²) in [5.41, 5.74) is 7.55. The third-order valence-electron chi connectivity index (χ3n) is 3.90. The average Bonchev–Trinajstić information content (AvgIpc) is 2.92. The normalized spacial score (nSPS) is 24.3. The Bertz CT molecular complexity index is 783. The molecule has 1 unspecified atom stereocenters. The molecule has 112 valence electrons. The molecule has 2 aromatic rings. The van der Waals surface area contributed by atoms with E-state index >= 15 is 0 Å². The summed E-state index contributed by atoms with van der Waals surface area (Å²) in [4.78, 5) is 0. The van der Waals surface area contributed by atoms with Gasteiger partial charge in [0.15, 0.2) is 9.84 Å². The Morgan fingerprint density at radius 1 is 1.33 bits per heavy atom. The van der Waals surface area contributed by atoms with Crippen LogP contribution >= 0.6 is 11.6 Å². The van der Waals surface area contributed by atoms with E-state index in [4.69, 9.17) is 17.3 Å². The van der Waals surface area contributed by atoms with Crippen LogP contribution in [0.1, 0.15) is 13.3 Å². The van der Waals surface area contributed by atoms with E-state index in [1.807, 2.05) is 19.1 Å². The Morgan fingerprint density at radius 2 is 2.00 bits per heavy atom. The van der Waals surface area contributed by atoms with Crippen molar-refractivity contribution < 1.29 is 8.42 Å². The molecule has 2 N–H and O–H groups in total. The molecule has 5 nitrogen and oxygen atoms in total. The van der Waals surface area contributed by atoms with Crippen LogP contribution < -0.4 is 5.73 Å². The molecule has 1 aromatic heterocycles. The predicted octanol–water partition coefficient (Wildman–Crippen LogP) is 2.32. The van der Waals surface area contributed by atoms with Crippen molar-refractivity contribution in [1.82, 2.24) is 9.78 Å². The molecule has 21 heavy (non-hydrogen) atoms. The van der Waals surface area contributed by atoms with Crippen molar-refractivity contribution in [3.05, 3.63) is 35.5 Å². The van der Waals surface area contributed by atoms with Crippen LogP contribution in [-0.4, -0.2) is 29.7 Å². The Kier molecular flexibility index (Phi) is 3.26. The molecule has 1 fully saturated rings. The zero-order valence-electron chi connectivity index (χ0n) is 11.6. The van der Waals surface area contributed by atoms with Gasteiger partial charge >= 0.3 is 0 Å². The molecule has 0 spiro atoms. The van der Waals surface area contributed by atoms with Gasteiger partial charge in [-0.25, -0.2) is 8.42 Å². The topological polar surface area (TPSA) is 78.0 Å². The third-order valence-corrected chi connectivity index (χ3v) is 6.04. The van der Waals surface area contributed by atoms with Crippen molar-refractivity contribution in [3.8, 4) is 11.3 Å². The highest BCUT2D eigenvalue weighted by atomic mass is 35.5. The Balaban J connectivity index is 2.00. The SMILES string of the molecule is CC1(n2cc(N)c(-c3ccc(Cl)cc3)n2)CCS(=O)(=O)C1. The molecule has 1 aliphatic heterocycles. The van der Waals surface area contributed by atoms with Gasteiger partial charge in [-0.3, -0.25) is 4.68 Å². The first-order valence-electron chi connectivity index (χ1n) is 6.61. The number of nitrogens with two attached hydrogens (primary N) is 1. The lowest BCUT2D eigenvalue weighted by atomic mass is 10.0. The van der Waals surface area contributed by atoms with E-state index < -0.39 is 15.4 Å². The molecular weight excluding hydrogens is 310 g/mol. The van der Waals surface area contributed by atoms with Crippen molar-refractivity contribution in [3.63, 3.8) is 0 Å². The molecule has 0 saturated carbocycles. The van der Waals surface area contributed by atoms with E-state index in [0.29, 0.717) is 22.8 Å². The largest absolute Gasteiger partial charge is 0.396 e. The number of hydrogen-bond acceptors (Lipinski definition) is 4. The minimum Gasteiger partial charge on any atom is -0.396 e. The van der Waals surface area contributed by atoms with Gasteiger partial charge in [-0.2, -0.15) is 5.10 Å². The lowest BCUT2D eigenvalue weighted by molar-refractivity contribution is 0.329. The number of aromatic nitrogens is 2. The lowest BCUT2D eigenvalue weighted by Gasteiger charge is -2.22. The molecule has 1 atom stereocenters. The molecule has 1 saturated heterocycles. The monoisotopic (exact) mass is 325 g/mol. The maximum absolute atomic E-state index is 11.7. The first kappa shape index (κ1) is 14.4. The molecule has 1 aliphatic rings. The van der Waals surface area contributed by atoms with Crippen molar-refractivity contribution in [2.24, 2.45) is 0 Å². The molecule has 0 aliphatic carbocycles. The van der Waals surface area contributed by atoms with Gasteiger partial charge < -0.3 is 5.73 Å². The molecule has 0 radical (unpaired) electrons. The predicted molar refractivity (Wildman–Crippen MR) is 84.0 cm³/mol. The summed E-state index contributed by atoms with van der Waals surface area (Å²) in [7, 11) is -3.00. The quantitative estimate of drug-likeness (QED) is 0.919. The molecule has 2 heterocycles. The summed E-state index contributed by atoms with van der Waals surface area (Å²) < 4.78 is 25.2. The summed E-state index contributed by atoms with van der Waals surface area (Å²) in [6.45, 7) is 1.90. The van der Waals surface area contributed by atoms with Crippen LogP contribution in [0.4, 0.5) is 5.69 Å². The fraction of sp³-hybridized carbons (Fsp3) is 0.357. The Labute approximate surface area is 128 Å². The molecule has 7 heteroatoms. The van der Waals surface area contributed by atoms with Crippen LogP contribution in [0.2, 0.25) is 5.02 Å². The number of sulfone groups is 1. The number of halogens is 1. The number of nitrogen functional groups attached to an aromatic ring is 1. The fourth-order valence-corrected chi connectivity index (χ4v) is 4.92. The summed E-state index contributed by atoms with van der Waals surface area (Å²) in [5.74, 6) is 0.292. The summed E-state index contributed by atoms with van der Waals surface area (Å²) in [5, 5.41) is 5.16. The van der Waals surface area contributed by atoms with Crippen LogP contribution in [0.15, 0.2) is 30.5 Å². The standard InChI is InChI=1S/C14H16ClN3O2S/c1-14(6-7-21(19,20)9-14)18-8-12(16)13(17-18)10-2-4-11(15)5-3-10/h2-5,8H,6-7,9,16H2,1H3. The number of rotatable bonds is 2. The van der Waals surface area contributed by atoms with Crippen LogP contribution in [0, 0.1) is 0 Å². The van der Waals surface area contributed by atoms with E-state index in [-0.39, 0.29) is 11.5 Å². The van der Waals surface area contributed by atoms with E-state index in [1.165, 1.54) is 0 Å². The number of nitrogens with zero attached hydrogens (tertiary/aromatic N) is 2. The number of benzene rings is 1. The minimum atomic E-state index is -3.00. The first-order valence-corrected chi connectivity index (χ1v) is 8.81. The van der Waals surface area contributed by atoms with Gasteiger partial charge in [0.25, 0.3) is 0 Å². The van der Waals surface area contributed by atoms with Gasteiger partial charge in [-0.1, -0.05) is 23.7 Å². The highest BCUT2D eigenvalue weighted by molar-refractivity contribution is 7.91. The fourth-order valence-electron chi connectivity index (χ4n) is 2.67. The number of anilines is 1. The van der Waals surface area contributed by atoms with E-state index in [9.17, 15) is 8.42 Å². The smallest absolute Gasteiger partial charge is 0.152 e. The first-order chi connectivity index (χ1) is 9.79. The molecular formula is C14H16ClN3O2S. The summed E-state index contributed by atoms with van der Waals surface area (Å²) >= 11 is 5.88. The molecule has 3 rings (SSSR count). The van der Waals surface area contributed by atoms with Gasteiger partial charge in [-0.05, 0) is 25.5 Å². The zero-order chi connectivity index (χ0) is 15.3. The Morgan fingerprint density at radius 3 is 2.57 bits per heavy atom. The Hall–Kier alpha value is -1.53. The molecule has 1 aromatic carbocycles. The maximum atomic E-state index is 11.7. The van der Waals surface area contributed by atoms with Gasteiger partial charge in [0.1, 0.15) is 5.69 Å². The van der Waals surface area contributed by atoms with Crippen molar-refractivity contribution in [1.29, 1.82) is 0 Å². The third kappa shape index (κ3) is 2.65. The second-order valence-corrected chi connectivity index (χ2v) is 8.34. The maximum Gasteiger partial charge on any atom is 0.152 e. The zero-order valence-corrected chi connectivity index (χ0v) is 13.2. The highest BCUT2D eigenvalue weighted by Gasteiger charge is 2.40. The van der Waals surface area contributed by atoms with Crippen molar-refractivity contribution in [2.45, 2.75) is 18.9 Å². The number of hydrogen-bond donors (Lipinski definition) is 1. The molecule has 0 amide bonds. The summed E-state index contributed by atoms with van der Waals surface area (Å²) in [6.07, 6.45) is 2.27. The average molecular weight is 326 g/mol. The minimum absolute atomic E-state index is 0.0984.